The van der Waals surface area contributed by atoms with Crippen LogP contribution in [0.1, 0.15) is 42.9 Å². The van der Waals surface area contributed by atoms with Gasteiger partial charge in [-0.25, -0.2) is 4.98 Å². The second-order valence-electron chi connectivity index (χ2n) is 8.33. The zero-order valence-corrected chi connectivity index (χ0v) is 16.3. The molecule has 1 amide bonds. The Labute approximate surface area is 155 Å². The van der Waals surface area contributed by atoms with Crippen LogP contribution in [0.4, 0.5) is 0 Å². The number of aromatic nitrogens is 2. The maximum atomic E-state index is 12.6. The average molecular weight is 358 g/mol. The van der Waals surface area contributed by atoms with Crippen molar-refractivity contribution in [3.63, 3.8) is 0 Å². The minimum atomic E-state index is -0.0288. The highest BCUT2D eigenvalue weighted by atomic mass is 16.5. The van der Waals surface area contributed by atoms with Crippen LogP contribution in [-0.4, -0.2) is 58.2 Å². The Balaban J connectivity index is 1.43. The fourth-order valence-electron chi connectivity index (χ4n) is 5.29. The lowest BCUT2D eigenvalue weighted by Gasteiger charge is -2.29. The molecular formula is C20H30N4O2. The highest BCUT2D eigenvalue weighted by Gasteiger charge is 2.62. The molecule has 6 heteroatoms. The fraction of sp³-hybridized carbons (Fsp3) is 0.700. The van der Waals surface area contributed by atoms with Crippen LogP contribution in [0.15, 0.2) is 18.0 Å². The van der Waals surface area contributed by atoms with Crippen LogP contribution < -0.4 is 5.32 Å². The van der Waals surface area contributed by atoms with Crippen LogP contribution in [0.2, 0.25) is 0 Å². The molecule has 2 bridgehead atoms. The van der Waals surface area contributed by atoms with Crippen LogP contribution in [0.5, 0.6) is 0 Å². The number of fused-ring (bicyclic) bond motifs is 1. The second-order valence-corrected chi connectivity index (χ2v) is 8.33. The van der Waals surface area contributed by atoms with Crippen LogP contribution in [0.3, 0.4) is 0 Å². The molecule has 3 fully saturated rings. The molecule has 1 spiro atoms. The summed E-state index contributed by atoms with van der Waals surface area (Å²) in [7, 11) is 1.86. The van der Waals surface area contributed by atoms with E-state index in [1.165, 1.54) is 12.0 Å². The van der Waals surface area contributed by atoms with Crippen molar-refractivity contribution >= 4 is 5.91 Å². The molecule has 1 N–H and O–H groups in total. The molecule has 4 rings (SSSR count). The molecule has 4 atom stereocenters. The molecule has 1 aromatic heterocycles. The number of amides is 1. The zero-order valence-electron chi connectivity index (χ0n) is 16.3. The maximum Gasteiger partial charge on any atom is 0.269 e. The molecule has 3 saturated heterocycles. The minimum Gasteiger partial charge on any atom is -0.370 e. The molecule has 0 aliphatic carbocycles. The molecule has 0 radical (unpaired) electrons. The van der Waals surface area contributed by atoms with E-state index in [1.54, 1.807) is 10.9 Å². The molecule has 4 heterocycles. The molecule has 1 aromatic rings. The van der Waals surface area contributed by atoms with Gasteiger partial charge < -0.3 is 14.6 Å². The third-order valence-electron chi connectivity index (χ3n) is 6.65. The molecule has 3 aliphatic rings. The van der Waals surface area contributed by atoms with Crippen molar-refractivity contribution in [2.24, 2.45) is 18.9 Å². The van der Waals surface area contributed by atoms with Crippen molar-refractivity contribution in [2.75, 3.05) is 26.2 Å². The summed E-state index contributed by atoms with van der Waals surface area (Å²) in [5, 5.41) is 3.16. The predicted octanol–water partition coefficient (Wildman–Crippen LogP) is 1.90. The number of allylic oxidation sites excluding steroid dienone is 1. The second kappa shape index (κ2) is 6.50. The maximum absolute atomic E-state index is 12.6. The zero-order chi connectivity index (χ0) is 18.5. The number of nitrogens with one attached hydrogen (secondary N) is 1. The highest BCUT2D eigenvalue weighted by molar-refractivity contribution is 5.93. The first kappa shape index (κ1) is 17.7. The van der Waals surface area contributed by atoms with E-state index >= 15 is 0 Å². The van der Waals surface area contributed by atoms with Gasteiger partial charge in [0.05, 0.1) is 23.7 Å². The summed E-state index contributed by atoms with van der Waals surface area (Å²) in [6.45, 7) is 10.00. The van der Waals surface area contributed by atoms with E-state index in [0.717, 1.165) is 31.7 Å². The Morgan fingerprint density at radius 3 is 3.04 bits per heavy atom. The third kappa shape index (κ3) is 2.79. The first-order valence-corrected chi connectivity index (χ1v) is 9.71. The van der Waals surface area contributed by atoms with Crippen LogP contribution in [-0.2, 0) is 11.8 Å². The lowest BCUT2D eigenvalue weighted by Crippen LogP contribution is -2.42. The summed E-state index contributed by atoms with van der Waals surface area (Å²) in [5.41, 5.74) is 2.86. The molecule has 0 unspecified atom stereocenters. The summed E-state index contributed by atoms with van der Waals surface area (Å²) >= 11 is 0. The van der Waals surface area contributed by atoms with E-state index in [2.05, 4.69) is 35.1 Å². The largest absolute Gasteiger partial charge is 0.370 e. The SMILES string of the molecule is C/C=C(\C)CN1C[C@@H]2[C@H](CNC(=O)c3c(C)ncn3C)[C@H]3CC[C@]2(C1)O3. The van der Waals surface area contributed by atoms with Crippen LogP contribution in [0, 0.1) is 18.8 Å². The quantitative estimate of drug-likeness (QED) is 0.817. The van der Waals surface area contributed by atoms with E-state index in [1.807, 2.05) is 14.0 Å². The highest BCUT2D eigenvalue weighted by Crippen LogP contribution is 2.54. The summed E-state index contributed by atoms with van der Waals surface area (Å²) in [6, 6.07) is 0. The van der Waals surface area contributed by atoms with Gasteiger partial charge in [-0.15, -0.1) is 0 Å². The number of nitrogens with zero attached hydrogens (tertiary/aromatic N) is 3. The van der Waals surface area contributed by atoms with Gasteiger partial charge in [-0.2, -0.15) is 0 Å². The van der Waals surface area contributed by atoms with Crippen molar-refractivity contribution in [1.82, 2.24) is 19.8 Å². The molecule has 26 heavy (non-hydrogen) atoms. The predicted molar refractivity (Wildman–Crippen MR) is 100.0 cm³/mol. The molecule has 3 aliphatic heterocycles. The number of carbonyl (C=O) groups is 1. The van der Waals surface area contributed by atoms with Gasteiger partial charge >= 0.3 is 0 Å². The first-order chi connectivity index (χ1) is 12.4. The van der Waals surface area contributed by atoms with E-state index in [-0.39, 0.29) is 11.5 Å². The van der Waals surface area contributed by atoms with E-state index in [4.69, 9.17) is 4.74 Å². The lowest BCUT2D eigenvalue weighted by molar-refractivity contribution is 0.00348. The van der Waals surface area contributed by atoms with E-state index in [9.17, 15) is 4.79 Å². The van der Waals surface area contributed by atoms with Gasteiger partial charge in [-0.3, -0.25) is 9.69 Å². The number of hydrogen-bond donors (Lipinski definition) is 1. The van der Waals surface area contributed by atoms with Crippen molar-refractivity contribution in [2.45, 2.75) is 45.3 Å². The Bertz CT molecular complexity index is 721. The van der Waals surface area contributed by atoms with Crippen molar-refractivity contribution in [1.29, 1.82) is 0 Å². The fourth-order valence-corrected chi connectivity index (χ4v) is 5.29. The molecule has 0 aromatic carbocycles. The molecule has 0 saturated carbocycles. The topological polar surface area (TPSA) is 59.4 Å². The van der Waals surface area contributed by atoms with Gasteiger partial charge in [-0.05, 0) is 33.6 Å². The smallest absolute Gasteiger partial charge is 0.269 e. The minimum absolute atomic E-state index is 0.0243. The monoisotopic (exact) mass is 358 g/mol. The normalized spacial score (nSPS) is 33.7. The summed E-state index contributed by atoms with van der Waals surface area (Å²) < 4.78 is 8.27. The number of carbonyl (C=O) groups excluding carboxylic acids is 1. The lowest BCUT2D eigenvalue weighted by atomic mass is 9.73. The van der Waals surface area contributed by atoms with Gasteiger partial charge in [0, 0.05) is 45.1 Å². The number of likely N-dealkylation sites (tertiary alicyclic amines) is 1. The van der Waals surface area contributed by atoms with Crippen LogP contribution >= 0.6 is 0 Å². The molecular weight excluding hydrogens is 328 g/mol. The van der Waals surface area contributed by atoms with Gasteiger partial charge in [-0.1, -0.05) is 11.6 Å². The van der Waals surface area contributed by atoms with Crippen molar-refractivity contribution < 1.29 is 9.53 Å². The molecule has 6 nitrogen and oxygen atoms in total. The van der Waals surface area contributed by atoms with Gasteiger partial charge in [0.1, 0.15) is 5.69 Å². The van der Waals surface area contributed by atoms with E-state index in [0.29, 0.717) is 30.2 Å². The van der Waals surface area contributed by atoms with Gasteiger partial charge in [0.15, 0.2) is 0 Å². The van der Waals surface area contributed by atoms with Gasteiger partial charge in [0.25, 0.3) is 5.91 Å². The Hall–Kier alpha value is -1.66. The Morgan fingerprint density at radius 2 is 2.35 bits per heavy atom. The Morgan fingerprint density at radius 1 is 1.54 bits per heavy atom. The number of rotatable bonds is 5. The number of ether oxygens (including phenoxy) is 1. The summed E-state index contributed by atoms with van der Waals surface area (Å²) in [5.74, 6) is 0.912. The average Bonchev–Trinajstić information content (AvgIpc) is 3.32. The van der Waals surface area contributed by atoms with Crippen molar-refractivity contribution in [3.05, 3.63) is 29.4 Å². The first-order valence-electron chi connectivity index (χ1n) is 9.71. The molecule has 142 valence electrons. The number of aryl methyl sites for hydroxylation is 2. The third-order valence-corrected chi connectivity index (χ3v) is 6.65. The number of imidazole rings is 1. The standard InChI is InChI=1S/C20H30N4O2/c1-5-13(2)9-24-10-16-15(17-6-7-20(16,11-24)26-17)8-21-19(25)18-14(3)22-12-23(18)4/h5,12,15-17H,6-11H2,1-4H3,(H,21,25)/b13-5+/t15-,16+,17+,20+/m0/s1. The Kier molecular flexibility index (Phi) is 4.43. The van der Waals surface area contributed by atoms with Gasteiger partial charge in [0.2, 0.25) is 0 Å². The number of hydrogen-bond acceptors (Lipinski definition) is 4. The van der Waals surface area contributed by atoms with E-state index < -0.39 is 0 Å². The van der Waals surface area contributed by atoms with Crippen molar-refractivity contribution in [3.8, 4) is 0 Å². The summed E-state index contributed by atoms with van der Waals surface area (Å²) in [6.07, 6.45) is 6.48. The summed E-state index contributed by atoms with van der Waals surface area (Å²) in [4.78, 5) is 19.4. The van der Waals surface area contributed by atoms with Crippen LogP contribution in [0.25, 0.3) is 0 Å².